The van der Waals surface area contributed by atoms with Gasteiger partial charge in [-0.25, -0.2) is 0 Å². The normalized spacial score (nSPS) is 14.5. The molecule has 1 aromatic rings. The largest absolute Gasteiger partial charge is 0.313 e. The van der Waals surface area contributed by atoms with Crippen molar-refractivity contribution in [1.29, 1.82) is 0 Å². The van der Waals surface area contributed by atoms with Gasteiger partial charge in [-0.15, -0.1) is 0 Å². The van der Waals surface area contributed by atoms with Crippen molar-refractivity contribution in [2.24, 2.45) is 0 Å². The summed E-state index contributed by atoms with van der Waals surface area (Å²) in [5.74, 6) is 0.680. The summed E-state index contributed by atoms with van der Waals surface area (Å²) in [7, 11) is -0.938. The smallest absolute Gasteiger partial charge is 0.0556 e. The lowest BCUT2D eigenvalue weighted by Gasteiger charge is -2.16. The standard InChI is InChI=1S/C13H20BrNOS/c1-3-9-15-11(4-2)10-17(16)13-8-6-5-7-12(13)14/h5-8,11,15H,3-4,9-10H2,1-2H3. The van der Waals surface area contributed by atoms with Gasteiger partial charge in [-0.1, -0.05) is 26.0 Å². The summed E-state index contributed by atoms with van der Waals surface area (Å²) in [4.78, 5) is 0.893. The average molecular weight is 318 g/mol. The van der Waals surface area contributed by atoms with E-state index in [0.29, 0.717) is 11.8 Å². The Labute approximate surface area is 115 Å². The Morgan fingerprint density at radius 2 is 2.06 bits per heavy atom. The highest BCUT2D eigenvalue weighted by molar-refractivity contribution is 9.10. The van der Waals surface area contributed by atoms with Crippen LogP contribution in [0.4, 0.5) is 0 Å². The molecule has 2 unspecified atom stereocenters. The second kappa shape index (κ2) is 8.01. The second-order valence-corrected chi connectivity index (χ2v) is 6.32. The molecule has 2 atom stereocenters. The molecular formula is C13H20BrNOS. The molecule has 0 heterocycles. The molecule has 96 valence electrons. The Balaban J connectivity index is 2.61. The van der Waals surface area contributed by atoms with Crippen LogP contribution in [0.1, 0.15) is 26.7 Å². The van der Waals surface area contributed by atoms with Gasteiger partial charge in [-0.05, 0) is 47.4 Å². The van der Waals surface area contributed by atoms with Gasteiger partial charge < -0.3 is 5.32 Å². The van der Waals surface area contributed by atoms with E-state index in [9.17, 15) is 4.21 Å². The van der Waals surface area contributed by atoms with E-state index >= 15 is 0 Å². The number of hydrogen-bond donors (Lipinski definition) is 1. The van der Waals surface area contributed by atoms with Gasteiger partial charge in [0.05, 0.1) is 15.7 Å². The maximum atomic E-state index is 12.2. The Morgan fingerprint density at radius 3 is 2.65 bits per heavy atom. The topological polar surface area (TPSA) is 29.1 Å². The molecule has 17 heavy (non-hydrogen) atoms. The lowest BCUT2D eigenvalue weighted by molar-refractivity contribution is 0.534. The summed E-state index contributed by atoms with van der Waals surface area (Å²) >= 11 is 3.45. The van der Waals surface area contributed by atoms with Gasteiger partial charge in [-0.2, -0.15) is 0 Å². The van der Waals surface area contributed by atoms with Crippen LogP contribution in [-0.2, 0) is 10.8 Å². The van der Waals surface area contributed by atoms with E-state index in [1.807, 2.05) is 24.3 Å². The fourth-order valence-corrected chi connectivity index (χ4v) is 3.81. The first kappa shape index (κ1) is 14.9. The van der Waals surface area contributed by atoms with Gasteiger partial charge in [0.2, 0.25) is 0 Å². The Morgan fingerprint density at radius 1 is 1.35 bits per heavy atom. The van der Waals surface area contributed by atoms with Crippen molar-refractivity contribution in [2.45, 2.75) is 37.6 Å². The molecule has 0 aliphatic heterocycles. The monoisotopic (exact) mass is 317 g/mol. The Hall–Kier alpha value is -0.190. The highest BCUT2D eigenvalue weighted by Gasteiger charge is 2.13. The van der Waals surface area contributed by atoms with Crippen LogP contribution in [0.25, 0.3) is 0 Å². The van der Waals surface area contributed by atoms with E-state index in [-0.39, 0.29) is 0 Å². The predicted molar refractivity (Wildman–Crippen MR) is 77.8 cm³/mol. The second-order valence-electron chi connectivity index (χ2n) is 4.00. The van der Waals surface area contributed by atoms with E-state index in [0.717, 1.165) is 28.8 Å². The van der Waals surface area contributed by atoms with Crippen molar-refractivity contribution < 1.29 is 4.21 Å². The predicted octanol–water partition coefficient (Wildman–Crippen LogP) is 3.33. The molecule has 0 spiro atoms. The molecule has 0 radical (unpaired) electrons. The molecular weight excluding hydrogens is 298 g/mol. The van der Waals surface area contributed by atoms with Crippen molar-refractivity contribution >= 4 is 26.7 Å². The zero-order chi connectivity index (χ0) is 12.7. The number of nitrogens with one attached hydrogen (secondary N) is 1. The van der Waals surface area contributed by atoms with Gasteiger partial charge in [0.25, 0.3) is 0 Å². The first-order chi connectivity index (χ1) is 8.19. The molecule has 1 N–H and O–H groups in total. The third-order valence-electron chi connectivity index (χ3n) is 2.61. The fraction of sp³-hybridized carbons (Fsp3) is 0.538. The van der Waals surface area contributed by atoms with Crippen molar-refractivity contribution in [1.82, 2.24) is 5.32 Å². The molecule has 0 aromatic heterocycles. The summed E-state index contributed by atoms with van der Waals surface area (Å²) in [6, 6.07) is 8.07. The summed E-state index contributed by atoms with van der Waals surface area (Å²) in [6.45, 7) is 5.26. The van der Waals surface area contributed by atoms with Crippen LogP contribution < -0.4 is 5.32 Å². The Bertz CT molecular complexity index is 370. The maximum absolute atomic E-state index is 12.2. The lowest BCUT2D eigenvalue weighted by Crippen LogP contribution is -2.34. The molecule has 0 aliphatic rings. The van der Waals surface area contributed by atoms with Crippen molar-refractivity contribution in [2.75, 3.05) is 12.3 Å². The minimum absolute atomic E-state index is 0.336. The van der Waals surface area contributed by atoms with Crippen LogP contribution in [0.15, 0.2) is 33.6 Å². The summed E-state index contributed by atoms with van der Waals surface area (Å²) in [5.41, 5.74) is 0. The minimum Gasteiger partial charge on any atom is -0.313 e. The number of hydrogen-bond acceptors (Lipinski definition) is 2. The SMILES string of the molecule is CCCNC(CC)CS(=O)c1ccccc1Br. The third kappa shape index (κ3) is 4.90. The third-order valence-corrected chi connectivity index (χ3v) is 5.12. The molecule has 4 heteroatoms. The van der Waals surface area contributed by atoms with E-state index in [2.05, 4.69) is 35.1 Å². The number of rotatable bonds is 7. The fourth-order valence-electron chi connectivity index (χ4n) is 1.57. The van der Waals surface area contributed by atoms with Crippen LogP contribution in [-0.4, -0.2) is 22.5 Å². The number of halogens is 1. The Kier molecular flexibility index (Phi) is 7.00. The minimum atomic E-state index is -0.938. The maximum Gasteiger partial charge on any atom is 0.0556 e. The lowest BCUT2D eigenvalue weighted by atomic mass is 10.2. The molecule has 0 bridgehead atoms. The molecule has 2 nitrogen and oxygen atoms in total. The first-order valence-electron chi connectivity index (χ1n) is 6.05. The highest BCUT2D eigenvalue weighted by Crippen LogP contribution is 2.20. The van der Waals surface area contributed by atoms with Crippen LogP contribution in [0.5, 0.6) is 0 Å². The zero-order valence-corrected chi connectivity index (χ0v) is 12.8. The van der Waals surface area contributed by atoms with E-state index in [4.69, 9.17) is 0 Å². The zero-order valence-electron chi connectivity index (χ0n) is 10.4. The average Bonchev–Trinajstić information content (AvgIpc) is 2.34. The van der Waals surface area contributed by atoms with Crippen LogP contribution in [0.3, 0.4) is 0 Å². The van der Waals surface area contributed by atoms with Crippen LogP contribution in [0, 0.1) is 0 Å². The summed E-state index contributed by atoms with van der Waals surface area (Å²) in [5, 5.41) is 3.43. The van der Waals surface area contributed by atoms with Crippen LogP contribution >= 0.6 is 15.9 Å². The summed E-state index contributed by atoms with van der Waals surface area (Å²) < 4.78 is 13.2. The molecule has 0 saturated heterocycles. The van der Waals surface area contributed by atoms with Crippen molar-refractivity contribution in [3.05, 3.63) is 28.7 Å². The van der Waals surface area contributed by atoms with Crippen LogP contribution in [0.2, 0.25) is 0 Å². The van der Waals surface area contributed by atoms with E-state index in [1.165, 1.54) is 0 Å². The molecule has 0 aliphatic carbocycles. The quantitative estimate of drug-likeness (QED) is 0.835. The van der Waals surface area contributed by atoms with Gasteiger partial charge in [0.15, 0.2) is 0 Å². The van der Waals surface area contributed by atoms with Gasteiger partial charge >= 0.3 is 0 Å². The van der Waals surface area contributed by atoms with Gasteiger partial charge in [-0.3, -0.25) is 4.21 Å². The molecule has 1 rings (SSSR count). The molecule has 0 amide bonds. The first-order valence-corrected chi connectivity index (χ1v) is 8.16. The molecule has 0 saturated carbocycles. The van der Waals surface area contributed by atoms with Crippen molar-refractivity contribution in [3.63, 3.8) is 0 Å². The van der Waals surface area contributed by atoms with E-state index < -0.39 is 10.8 Å². The molecule has 0 fully saturated rings. The summed E-state index contributed by atoms with van der Waals surface area (Å²) in [6.07, 6.45) is 2.12. The highest BCUT2D eigenvalue weighted by atomic mass is 79.9. The van der Waals surface area contributed by atoms with Gasteiger partial charge in [0, 0.05) is 16.3 Å². The van der Waals surface area contributed by atoms with E-state index in [1.54, 1.807) is 0 Å². The van der Waals surface area contributed by atoms with Crippen molar-refractivity contribution in [3.8, 4) is 0 Å². The number of benzene rings is 1. The molecule has 1 aromatic carbocycles. The van der Waals surface area contributed by atoms with Gasteiger partial charge in [0.1, 0.15) is 0 Å².